The van der Waals surface area contributed by atoms with Gasteiger partial charge in [0, 0.05) is 19.3 Å². The van der Waals surface area contributed by atoms with Gasteiger partial charge in [-0.1, -0.05) is 304 Å². The molecule has 0 spiro atoms. The molecule has 1 unspecified atom stereocenters. The monoisotopic (exact) mass is 1110 g/mol. The second-order valence-electron chi connectivity index (χ2n) is 22.4. The van der Waals surface area contributed by atoms with Crippen molar-refractivity contribution in [2.24, 2.45) is 0 Å². The predicted octanol–water partition coefficient (Wildman–Crippen LogP) is 23.4. The van der Waals surface area contributed by atoms with Crippen LogP contribution in [0, 0.1) is 0 Å². The first kappa shape index (κ1) is 76.1. The molecule has 0 heterocycles. The summed E-state index contributed by atoms with van der Waals surface area (Å²) in [6, 6.07) is 0. The maximum absolute atomic E-state index is 12.9. The van der Waals surface area contributed by atoms with Crippen molar-refractivity contribution in [1.82, 2.24) is 0 Å². The summed E-state index contributed by atoms with van der Waals surface area (Å²) in [5, 5.41) is 0. The number of carbonyl (C=O) groups is 3. The van der Waals surface area contributed by atoms with Gasteiger partial charge in [0.15, 0.2) is 6.10 Å². The van der Waals surface area contributed by atoms with Crippen molar-refractivity contribution in [3.05, 3.63) is 109 Å². The Morgan fingerprint density at radius 2 is 0.487 bits per heavy atom. The van der Waals surface area contributed by atoms with Gasteiger partial charge in [-0.3, -0.25) is 14.4 Å². The number of hydrogen-bond donors (Lipinski definition) is 0. The van der Waals surface area contributed by atoms with E-state index >= 15 is 0 Å². The van der Waals surface area contributed by atoms with Gasteiger partial charge in [0.25, 0.3) is 0 Å². The third kappa shape index (κ3) is 64.9. The minimum absolute atomic E-state index is 0.0802. The van der Waals surface area contributed by atoms with Crippen LogP contribution in [0.1, 0.15) is 323 Å². The number of esters is 3. The van der Waals surface area contributed by atoms with Crippen LogP contribution in [0.15, 0.2) is 109 Å². The summed E-state index contributed by atoms with van der Waals surface area (Å²) in [6.45, 7) is 6.52. The molecule has 6 heteroatoms. The molecule has 0 aliphatic carbocycles. The smallest absolute Gasteiger partial charge is 0.306 e. The van der Waals surface area contributed by atoms with E-state index in [1.54, 1.807) is 0 Å². The standard InChI is InChI=1S/C74H126O6/c1-4-7-10-13-16-19-22-25-28-30-31-32-33-34-35-36-37-38-39-40-41-42-43-45-46-49-52-55-58-61-64-67-73(76)79-70-71(69-78-72(75)66-63-60-57-54-51-48-27-24-21-18-15-12-9-6-3)80-74(77)68-65-62-59-56-53-50-47-44-29-26-23-20-17-14-11-8-5-2/h7,10,16-17,19-20,25-26,28-29,31-32,34-35,37-38,40-41,71H,4-6,8-9,11-15,18,21-24,27,30,33,36,39,42-70H2,1-3H3/b10-7-,19-16-,20-17-,28-25-,29-26-,32-31-,35-34-,38-37-,41-40-. The predicted molar refractivity (Wildman–Crippen MR) is 348 cm³/mol. The molecule has 0 amide bonds. The molecule has 0 aromatic rings. The van der Waals surface area contributed by atoms with E-state index in [1.165, 1.54) is 161 Å². The zero-order valence-electron chi connectivity index (χ0n) is 52.6. The van der Waals surface area contributed by atoms with Crippen molar-refractivity contribution in [2.45, 2.75) is 329 Å². The first-order chi connectivity index (χ1) is 39.5. The van der Waals surface area contributed by atoms with Gasteiger partial charge in [-0.15, -0.1) is 0 Å². The van der Waals surface area contributed by atoms with Crippen LogP contribution in [0.4, 0.5) is 0 Å². The van der Waals surface area contributed by atoms with Gasteiger partial charge in [-0.05, 0) is 109 Å². The van der Waals surface area contributed by atoms with E-state index in [4.69, 9.17) is 14.2 Å². The summed E-state index contributed by atoms with van der Waals surface area (Å²) in [6.07, 6.45) is 92.4. The Balaban J connectivity index is 4.30. The molecule has 0 fully saturated rings. The van der Waals surface area contributed by atoms with Crippen molar-refractivity contribution in [2.75, 3.05) is 13.2 Å². The molecule has 0 aliphatic rings. The summed E-state index contributed by atoms with van der Waals surface area (Å²) in [5.41, 5.74) is 0. The molecule has 0 saturated carbocycles. The third-order valence-corrected chi connectivity index (χ3v) is 14.5. The molecule has 0 saturated heterocycles. The van der Waals surface area contributed by atoms with Crippen molar-refractivity contribution in [3.63, 3.8) is 0 Å². The van der Waals surface area contributed by atoms with Gasteiger partial charge < -0.3 is 14.2 Å². The van der Waals surface area contributed by atoms with E-state index in [9.17, 15) is 14.4 Å². The Labute approximate surface area is 495 Å². The van der Waals surface area contributed by atoms with Crippen molar-refractivity contribution >= 4 is 17.9 Å². The lowest BCUT2D eigenvalue weighted by molar-refractivity contribution is -0.167. The van der Waals surface area contributed by atoms with Gasteiger partial charge in [-0.25, -0.2) is 0 Å². The van der Waals surface area contributed by atoms with Gasteiger partial charge in [-0.2, -0.15) is 0 Å². The maximum atomic E-state index is 12.9. The van der Waals surface area contributed by atoms with Crippen LogP contribution in [0.3, 0.4) is 0 Å². The van der Waals surface area contributed by atoms with E-state index < -0.39 is 6.10 Å². The summed E-state index contributed by atoms with van der Waals surface area (Å²) in [4.78, 5) is 38.4. The molecular formula is C74H126O6. The molecule has 80 heavy (non-hydrogen) atoms. The first-order valence-electron chi connectivity index (χ1n) is 33.9. The molecule has 0 rings (SSSR count). The minimum atomic E-state index is -0.785. The molecule has 1 atom stereocenters. The van der Waals surface area contributed by atoms with Crippen LogP contribution in [0.25, 0.3) is 0 Å². The molecule has 0 N–H and O–H groups in total. The minimum Gasteiger partial charge on any atom is -0.462 e. The number of ether oxygens (including phenoxy) is 3. The highest BCUT2D eigenvalue weighted by Crippen LogP contribution is 2.16. The fourth-order valence-corrected chi connectivity index (χ4v) is 9.45. The Bertz CT molecular complexity index is 1610. The number of unbranched alkanes of at least 4 members (excludes halogenated alkanes) is 32. The van der Waals surface area contributed by atoms with Crippen LogP contribution >= 0.6 is 0 Å². The number of allylic oxidation sites excluding steroid dienone is 18. The number of hydrogen-bond acceptors (Lipinski definition) is 6. The maximum Gasteiger partial charge on any atom is 0.306 e. The van der Waals surface area contributed by atoms with Gasteiger partial charge in [0.1, 0.15) is 13.2 Å². The van der Waals surface area contributed by atoms with E-state index in [0.29, 0.717) is 19.3 Å². The fourth-order valence-electron chi connectivity index (χ4n) is 9.45. The van der Waals surface area contributed by atoms with Gasteiger partial charge >= 0.3 is 17.9 Å². The highest BCUT2D eigenvalue weighted by molar-refractivity contribution is 5.71. The molecule has 458 valence electrons. The van der Waals surface area contributed by atoms with Crippen LogP contribution in [0.2, 0.25) is 0 Å². The zero-order chi connectivity index (χ0) is 57.8. The van der Waals surface area contributed by atoms with Crippen molar-refractivity contribution in [1.29, 1.82) is 0 Å². The molecule has 0 aromatic carbocycles. The molecule has 6 nitrogen and oxygen atoms in total. The summed E-state index contributed by atoms with van der Waals surface area (Å²) >= 11 is 0. The average Bonchev–Trinajstić information content (AvgIpc) is 3.46. The zero-order valence-corrected chi connectivity index (χ0v) is 52.6. The Morgan fingerprint density at radius 3 is 0.787 bits per heavy atom. The Kier molecular flexibility index (Phi) is 64.3. The Morgan fingerprint density at radius 1 is 0.263 bits per heavy atom. The Hall–Kier alpha value is -3.93. The van der Waals surface area contributed by atoms with Gasteiger partial charge in [0.05, 0.1) is 0 Å². The fraction of sp³-hybridized carbons (Fsp3) is 0.716. The van der Waals surface area contributed by atoms with Crippen molar-refractivity contribution < 1.29 is 28.6 Å². The molecule has 0 aliphatic heterocycles. The molecule has 0 radical (unpaired) electrons. The van der Waals surface area contributed by atoms with E-state index in [0.717, 1.165) is 122 Å². The summed E-state index contributed by atoms with van der Waals surface area (Å²) < 4.78 is 16.9. The molecule has 0 aromatic heterocycles. The quantitative estimate of drug-likeness (QED) is 0.0261. The topological polar surface area (TPSA) is 78.9 Å². The highest BCUT2D eigenvalue weighted by Gasteiger charge is 2.19. The largest absolute Gasteiger partial charge is 0.462 e. The van der Waals surface area contributed by atoms with Crippen molar-refractivity contribution in [3.8, 4) is 0 Å². The lowest BCUT2D eigenvalue weighted by atomic mass is 10.0. The lowest BCUT2D eigenvalue weighted by Gasteiger charge is -2.18. The van der Waals surface area contributed by atoms with E-state index in [2.05, 4.69) is 130 Å². The third-order valence-electron chi connectivity index (χ3n) is 14.5. The van der Waals surface area contributed by atoms with Gasteiger partial charge in [0.2, 0.25) is 0 Å². The highest BCUT2D eigenvalue weighted by atomic mass is 16.6. The molecule has 0 bridgehead atoms. The number of carbonyl (C=O) groups excluding carboxylic acids is 3. The second-order valence-corrected chi connectivity index (χ2v) is 22.4. The van der Waals surface area contributed by atoms with Crippen LogP contribution < -0.4 is 0 Å². The summed E-state index contributed by atoms with van der Waals surface area (Å²) in [7, 11) is 0. The first-order valence-corrected chi connectivity index (χ1v) is 33.9. The van der Waals surface area contributed by atoms with Crippen LogP contribution in [0.5, 0.6) is 0 Å². The van der Waals surface area contributed by atoms with Crippen LogP contribution in [-0.4, -0.2) is 37.2 Å². The average molecular weight is 1110 g/mol. The SMILES string of the molecule is CC/C=C\C/C=C\C/C=C\C/C=C\C/C=C\C/C=C\C/C=C\CCCCCCCCCCCC(=O)OCC(COC(=O)CCCCCCCCCCCCCCCC)OC(=O)CCCCCCCCC/C=C\C/C=C\CCCCC. The lowest BCUT2D eigenvalue weighted by Crippen LogP contribution is -2.30. The van der Waals surface area contributed by atoms with Crippen LogP contribution in [-0.2, 0) is 28.6 Å². The van der Waals surface area contributed by atoms with E-state index in [1.807, 2.05) is 0 Å². The normalized spacial score (nSPS) is 12.8. The number of rotatable bonds is 61. The second kappa shape index (κ2) is 67.6. The molecular weight excluding hydrogens is 985 g/mol. The summed E-state index contributed by atoms with van der Waals surface area (Å²) in [5.74, 6) is -0.882. The van der Waals surface area contributed by atoms with E-state index in [-0.39, 0.29) is 31.1 Å².